The van der Waals surface area contributed by atoms with Crippen LogP contribution >= 0.6 is 0 Å². The van der Waals surface area contributed by atoms with Crippen molar-refractivity contribution >= 4 is 10.1 Å². The Morgan fingerprint density at radius 1 is 0.923 bits per heavy atom. The molecule has 1 rings (SSSR count). The van der Waals surface area contributed by atoms with E-state index in [9.17, 15) is 34.9 Å². The van der Waals surface area contributed by atoms with Crippen LogP contribution in [-0.4, -0.2) is 25.1 Å². The second-order valence-corrected chi connectivity index (χ2v) is 7.80. The number of rotatable bonds is 10. The fraction of sp³-hybridized carbons (Fsp3) is 0.647. The first-order chi connectivity index (χ1) is 11.8. The summed E-state index contributed by atoms with van der Waals surface area (Å²) in [6.45, 7) is 1.80. The highest BCUT2D eigenvalue weighted by atomic mass is 32.2. The van der Waals surface area contributed by atoms with E-state index in [0.717, 1.165) is 5.56 Å². The van der Waals surface area contributed by atoms with Gasteiger partial charge in [0, 0.05) is 6.42 Å². The van der Waals surface area contributed by atoms with Crippen molar-refractivity contribution < 1.29 is 34.9 Å². The molecule has 150 valence electrons. The van der Waals surface area contributed by atoms with Crippen LogP contribution in [0, 0.1) is 6.92 Å². The Kier molecular flexibility index (Phi) is 8.01. The highest BCUT2D eigenvalue weighted by Gasteiger charge is 2.56. The second-order valence-electron chi connectivity index (χ2n) is 6.41. The Morgan fingerprint density at radius 2 is 1.46 bits per heavy atom. The number of unbranched alkanes of at least 4 members (excludes halogenated alkanes) is 5. The lowest BCUT2D eigenvalue weighted by atomic mass is 10.0. The Balaban J connectivity index is 2.32. The van der Waals surface area contributed by atoms with Crippen molar-refractivity contribution in [3.05, 3.63) is 29.3 Å². The van der Waals surface area contributed by atoms with E-state index in [4.69, 9.17) is 0 Å². The summed E-state index contributed by atoms with van der Waals surface area (Å²) in [4.78, 5) is -0.127. The van der Waals surface area contributed by atoms with Crippen LogP contribution in [0.5, 0.6) is 0 Å². The third kappa shape index (κ3) is 7.19. The monoisotopic (exact) mass is 402 g/mol. The van der Waals surface area contributed by atoms with Crippen molar-refractivity contribution in [3.8, 4) is 0 Å². The smallest absolute Gasteiger partial charge is 0.282 e. The third-order valence-electron chi connectivity index (χ3n) is 4.10. The average Bonchev–Trinajstić information content (AvgIpc) is 2.47. The van der Waals surface area contributed by atoms with Crippen LogP contribution in [0.25, 0.3) is 0 Å². The fourth-order valence-corrected chi connectivity index (χ4v) is 3.40. The summed E-state index contributed by atoms with van der Waals surface area (Å²) < 4.78 is 93.3. The maximum atomic E-state index is 12.7. The summed E-state index contributed by atoms with van der Waals surface area (Å²) in [6.07, 6.45) is -3.66. The molecule has 3 nitrogen and oxygen atoms in total. The predicted octanol–water partition coefficient (Wildman–Crippen LogP) is 5.71. The molecule has 1 aromatic rings. The highest BCUT2D eigenvalue weighted by Crippen LogP contribution is 2.39. The van der Waals surface area contributed by atoms with Gasteiger partial charge in [-0.2, -0.15) is 30.4 Å². The van der Waals surface area contributed by atoms with E-state index in [2.05, 4.69) is 0 Å². The maximum absolute atomic E-state index is 12.7. The third-order valence-corrected chi connectivity index (χ3v) is 5.05. The number of alkyl halides is 5. The van der Waals surface area contributed by atoms with Crippen molar-refractivity contribution in [2.45, 2.75) is 75.3 Å². The summed E-state index contributed by atoms with van der Waals surface area (Å²) in [6, 6.07) is 4.62. The molecule has 1 aromatic carbocycles. The molecule has 26 heavy (non-hydrogen) atoms. The molecule has 1 N–H and O–H groups in total. The Morgan fingerprint density at radius 3 is 2.00 bits per heavy atom. The van der Waals surface area contributed by atoms with Crippen LogP contribution in [0.2, 0.25) is 0 Å². The van der Waals surface area contributed by atoms with Crippen molar-refractivity contribution in [1.29, 1.82) is 0 Å². The van der Waals surface area contributed by atoms with Gasteiger partial charge < -0.3 is 0 Å². The Hall–Kier alpha value is -1.22. The van der Waals surface area contributed by atoms with Gasteiger partial charge in [0.1, 0.15) is 0 Å². The summed E-state index contributed by atoms with van der Waals surface area (Å²) in [5.74, 6) is -4.63. The minimum atomic E-state index is -5.49. The van der Waals surface area contributed by atoms with E-state index in [1.54, 1.807) is 19.1 Å². The number of benzene rings is 1. The van der Waals surface area contributed by atoms with Crippen LogP contribution in [0.3, 0.4) is 0 Å². The van der Waals surface area contributed by atoms with E-state index in [-0.39, 0.29) is 17.7 Å². The van der Waals surface area contributed by atoms with Crippen molar-refractivity contribution in [1.82, 2.24) is 0 Å². The van der Waals surface area contributed by atoms with Crippen LogP contribution in [-0.2, 0) is 16.5 Å². The zero-order valence-corrected chi connectivity index (χ0v) is 15.3. The van der Waals surface area contributed by atoms with Crippen molar-refractivity contribution in [2.24, 2.45) is 0 Å². The standard InChI is InChI=1S/C17H23F5O3S/c1-13-9-10-15(26(23,24)25)14(12-13)8-6-4-2-3-5-7-11-16(18,19)17(20,21)22/h9-10,12H,2-8,11H2,1H3,(H,23,24,25). The molecular formula is C17H23F5O3S. The molecule has 0 aliphatic heterocycles. The molecule has 0 saturated heterocycles. The minimum Gasteiger partial charge on any atom is -0.282 e. The topological polar surface area (TPSA) is 54.4 Å². The zero-order chi connectivity index (χ0) is 20.0. The quantitative estimate of drug-likeness (QED) is 0.310. The van der Waals surface area contributed by atoms with E-state index in [1.165, 1.54) is 6.07 Å². The van der Waals surface area contributed by atoms with Crippen LogP contribution in [0.4, 0.5) is 22.0 Å². The predicted molar refractivity (Wildman–Crippen MR) is 88.0 cm³/mol. The first-order valence-corrected chi connectivity index (χ1v) is 9.80. The van der Waals surface area contributed by atoms with Gasteiger partial charge in [-0.25, -0.2) is 0 Å². The molecule has 0 unspecified atom stereocenters. The van der Waals surface area contributed by atoms with Gasteiger partial charge in [0.2, 0.25) is 0 Å². The number of halogens is 5. The molecule has 9 heteroatoms. The van der Waals surface area contributed by atoms with Crippen molar-refractivity contribution in [3.63, 3.8) is 0 Å². The van der Waals surface area contributed by atoms with Gasteiger partial charge in [-0.3, -0.25) is 4.55 Å². The van der Waals surface area contributed by atoms with Gasteiger partial charge in [-0.15, -0.1) is 0 Å². The molecule has 0 aliphatic carbocycles. The van der Waals surface area contributed by atoms with E-state index in [0.29, 0.717) is 37.7 Å². The van der Waals surface area contributed by atoms with Gasteiger partial charge in [0.05, 0.1) is 4.90 Å². The Bertz CT molecular complexity index is 684. The average molecular weight is 402 g/mol. The van der Waals surface area contributed by atoms with Gasteiger partial charge in [-0.1, -0.05) is 43.4 Å². The molecule has 0 saturated carbocycles. The molecule has 0 aromatic heterocycles. The second kappa shape index (κ2) is 9.12. The normalized spacial score (nSPS) is 13.2. The lowest BCUT2D eigenvalue weighted by Crippen LogP contribution is -2.36. The molecule has 0 fully saturated rings. The summed E-state index contributed by atoms with van der Waals surface area (Å²) in [5, 5.41) is 0. The van der Waals surface area contributed by atoms with Gasteiger partial charge in [-0.05, 0) is 37.8 Å². The fourth-order valence-electron chi connectivity index (χ4n) is 2.67. The van der Waals surface area contributed by atoms with Crippen LogP contribution in [0.15, 0.2) is 23.1 Å². The molecule has 0 spiro atoms. The molecule has 0 heterocycles. The van der Waals surface area contributed by atoms with Gasteiger partial charge in [0.15, 0.2) is 0 Å². The largest absolute Gasteiger partial charge is 0.453 e. The number of aryl methyl sites for hydroxylation is 2. The van der Waals surface area contributed by atoms with E-state index >= 15 is 0 Å². The number of hydrogen-bond donors (Lipinski definition) is 1. The van der Waals surface area contributed by atoms with Crippen molar-refractivity contribution in [2.75, 3.05) is 0 Å². The highest BCUT2D eigenvalue weighted by molar-refractivity contribution is 7.85. The summed E-state index contributed by atoms with van der Waals surface area (Å²) in [5.41, 5.74) is 1.37. The lowest BCUT2D eigenvalue weighted by molar-refractivity contribution is -0.284. The summed E-state index contributed by atoms with van der Waals surface area (Å²) in [7, 11) is -4.29. The van der Waals surface area contributed by atoms with Crippen LogP contribution in [0.1, 0.15) is 56.1 Å². The van der Waals surface area contributed by atoms with Gasteiger partial charge >= 0.3 is 12.1 Å². The van der Waals surface area contributed by atoms with E-state index < -0.39 is 28.6 Å². The molecule has 0 atom stereocenters. The lowest BCUT2D eigenvalue weighted by Gasteiger charge is -2.19. The van der Waals surface area contributed by atoms with Crippen LogP contribution < -0.4 is 0 Å². The van der Waals surface area contributed by atoms with E-state index in [1.807, 2.05) is 0 Å². The first-order valence-electron chi connectivity index (χ1n) is 8.36. The molecule has 0 radical (unpaired) electrons. The van der Waals surface area contributed by atoms with Gasteiger partial charge in [0.25, 0.3) is 10.1 Å². The molecule has 0 bridgehead atoms. The molecule has 0 amide bonds. The first kappa shape index (κ1) is 22.8. The zero-order valence-electron chi connectivity index (χ0n) is 14.5. The molecule has 0 aliphatic rings. The number of hydrogen-bond acceptors (Lipinski definition) is 2. The maximum Gasteiger partial charge on any atom is 0.453 e. The summed E-state index contributed by atoms with van der Waals surface area (Å²) >= 11 is 0. The minimum absolute atomic E-state index is 0.127. The SMILES string of the molecule is Cc1ccc(S(=O)(=O)O)c(CCCCCCCCC(F)(F)C(F)(F)F)c1. The Labute approximate surface area is 150 Å². The molecular weight excluding hydrogens is 379 g/mol.